The van der Waals surface area contributed by atoms with E-state index in [-0.39, 0.29) is 24.4 Å². The van der Waals surface area contributed by atoms with Gasteiger partial charge in [0.1, 0.15) is 6.04 Å². The van der Waals surface area contributed by atoms with Gasteiger partial charge in [-0.15, -0.1) is 12.4 Å². The van der Waals surface area contributed by atoms with Gasteiger partial charge in [0.25, 0.3) is 0 Å². The van der Waals surface area contributed by atoms with E-state index in [1.807, 2.05) is 5.38 Å². The molecule has 0 spiro atoms. The van der Waals surface area contributed by atoms with Gasteiger partial charge in [-0.3, -0.25) is 4.79 Å². The Morgan fingerprint density at radius 3 is 3.18 bits per heavy atom. The fourth-order valence-electron chi connectivity index (χ4n) is 1.62. The Morgan fingerprint density at radius 2 is 2.53 bits per heavy atom. The molecule has 1 unspecified atom stereocenters. The van der Waals surface area contributed by atoms with Crippen LogP contribution in [0.2, 0.25) is 0 Å². The molecule has 1 aliphatic heterocycles. The smallest absolute Gasteiger partial charge is 0.239 e. The minimum Gasteiger partial charge on any atom is -0.378 e. The first-order valence-electron chi connectivity index (χ1n) is 5.46. The summed E-state index contributed by atoms with van der Waals surface area (Å²) in [5.74, 6) is 0.0370. The molecule has 0 aromatic carbocycles. The third-order valence-corrected chi connectivity index (χ3v) is 3.26. The highest BCUT2D eigenvalue weighted by Gasteiger charge is 2.20. The Balaban J connectivity index is 0.00000144. The van der Waals surface area contributed by atoms with Gasteiger partial charge in [0.2, 0.25) is 5.91 Å². The molecule has 1 aliphatic rings. The highest BCUT2D eigenvalue weighted by molar-refractivity contribution is 7.07. The molecule has 1 saturated heterocycles. The van der Waals surface area contributed by atoms with E-state index in [0.29, 0.717) is 19.8 Å². The van der Waals surface area contributed by atoms with E-state index in [4.69, 9.17) is 4.74 Å². The number of hydrogen-bond donors (Lipinski definition) is 2. The van der Waals surface area contributed by atoms with Crippen LogP contribution in [0, 0.1) is 0 Å². The van der Waals surface area contributed by atoms with Gasteiger partial charge in [-0.25, -0.2) is 0 Å². The lowest BCUT2D eigenvalue weighted by Crippen LogP contribution is -2.51. The van der Waals surface area contributed by atoms with E-state index in [2.05, 4.69) is 22.1 Å². The summed E-state index contributed by atoms with van der Waals surface area (Å²) in [5, 5.41) is 10.2. The number of amides is 1. The largest absolute Gasteiger partial charge is 0.378 e. The lowest BCUT2D eigenvalue weighted by molar-refractivity contribution is -0.125. The summed E-state index contributed by atoms with van der Waals surface area (Å²) in [5.41, 5.74) is 1.28. The van der Waals surface area contributed by atoms with Gasteiger partial charge in [-0.1, -0.05) is 0 Å². The van der Waals surface area contributed by atoms with Crippen LogP contribution in [0.15, 0.2) is 16.8 Å². The minimum absolute atomic E-state index is 0. The average Bonchev–Trinajstić information content (AvgIpc) is 2.83. The van der Waals surface area contributed by atoms with Crippen LogP contribution in [0.25, 0.3) is 0 Å². The maximum Gasteiger partial charge on any atom is 0.239 e. The second kappa shape index (κ2) is 7.66. The van der Waals surface area contributed by atoms with Crippen LogP contribution >= 0.6 is 23.7 Å². The van der Waals surface area contributed by atoms with Crippen LogP contribution in [0.5, 0.6) is 0 Å². The van der Waals surface area contributed by atoms with Crippen molar-refractivity contribution < 1.29 is 9.53 Å². The summed E-state index contributed by atoms with van der Waals surface area (Å²) in [6.07, 6.45) is 0.892. The summed E-state index contributed by atoms with van der Waals surface area (Å²) < 4.78 is 5.23. The molecule has 96 valence electrons. The van der Waals surface area contributed by atoms with Gasteiger partial charge >= 0.3 is 0 Å². The third kappa shape index (κ3) is 4.63. The van der Waals surface area contributed by atoms with Crippen LogP contribution in [-0.4, -0.2) is 38.3 Å². The Hall–Kier alpha value is -0.620. The van der Waals surface area contributed by atoms with Crippen LogP contribution in [0.1, 0.15) is 5.56 Å². The molecule has 0 bridgehead atoms. The van der Waals surface area contributed by atoms with Crippen molar-refractivity contribution in [2.45, 2.75) is 12.5 Å². The first kappa shape index (κ1) is 14.4. The second-order valence-electron chi connectivity index (χ2n) is 3.75. The highest BCUT2D eigenvalue weighted by Crippen LogP contribution is 2.05. The topological polar surface area (TPSA) is 50.4 Å². The highest BCUT2D eigenvalue weighted by atomic mass is 35.5. The van der Waals surface area contributed by atoms with Crippen molar-refractivity contribution in [1.29, 1.82) is 0 Å². The van der Waals surface area contributed by atoms with E-state index in [9.17, 15) is 4.79 Å². The number of carbonyl (C=O) groups excluding carboxylic acids is 1. The van der Waals surface area contributed by atoms with Crippen LogP contribution in [0.3, 0.4) is 0 Å². The molecule has 4 nitrogen and oxygen atoms in total. The molecule has 2 N–H and O–H groups in total. The van der Waals surface area contributed by atoms with E-state index in [1.165, 1.54) is 5.56 Å². The number of thiophene rings is 1. The van der Waals surface area contributed by atoms with Gasteiger partial charge in [0, 0.05) is 13.1 Å². The molecule has 1 fully saturated rings. The molecule has 6 heteroatoms. The van der Waals surface area contributed by atoms with Crippen LogP contribution < -0.4 is 10.6 Å². The number of ether oxygens (including phenoxy) is 1. The van der Waals surface area contributed by atoms with Crippen LogP contribution in [0.4, 0.5) is 0 Å². The monoisotopic (exact) mass is 276 g/mol. The maximum atomic E-state index is 11.7. The van der Waals surface area contributed by atoms with Gasteiger partial charge < -0.3 is 15.4 Å². The zero-order valence-corrected chi connectivity index (χ0v) is 11.1. The first-order chi connectivity index (χ1) is 7.86. The normalized spacial score (nSPS) is 19.4. The Kier molecular flexibility index (Phi) is 6.50. The predicted molar refractivity (Wildman–Crippen MR) is 70.9 cm³/mol. The van der Waals surface area contributed by atoms with Crippen molar-refractivity contribution in [1.82, 2.24) is 10.6 Å². The van der Waals surface area contributed by atoms with E-state index in [1.54, 1.807) is 11.3 Å². The third-order valence-electron chi connectivity index (χ3n) is 2.53. The Bertz CT molecular complexity index is 326. The summed E-state index contributed by atoms with van der Waals surface area (Å²) in [6, 6.07) is 1.90. The zero-order valence-electron chi connectivity index (χ0n) is 9.48. The fourth-order valence-corrected chi connectivity index (χ4v) is 2.33. The van der Waals surface area contributed by atoms with Crippen molar-refractivity contribution in [2.24, 2.45) is 0 Å². The van der Waals surface area contributed by atoms with Crippen molar-refractivity contribution >= 4 is 29.7 Å². The lowest BCUT2D eigenvalue weighted by atomic mass is 10.2. The predicted octanol–water partition coefficient (Wildman–Crippen LogP) is 0.817. The quantitative estimate of drug-likeness (QED) is 0.856. The molecule has 1 aromatic rings. The van der Waals surface area contributed by atoms with Gasteiger partial charge in [0.15, 0.2) is 0 Å². The maximum absolute atomic E-state index is 11.7. The zero-order chi connectivity index (χ0) is 11.2. The molecule has 0 saturated carbocycles. The number of carbonyl (C=O) groups is 1. The number of nitrogens with one attached hydrogen (secondary N) is 2. The number of hydrogen-bond acceptors (Lipinski definition) is 4. The lowest BCUT2D eigenvalue weighted by Gasteiger charge is -2.22. The molecule has 2 heterocycles. The van der Waals surface area contributed by atoms with Crippen molar-refractivity contribution in [3.8, 4) is 0 Å². The Morgan fingerprint density at radius 1 is 1.65 bits per heavy atom. The molecule has 2 rings (SSSR count). The van der Waals surface area contributed by atoms with E-state index in [0.717, 1.165) is 13.0 Å². The van der Waals surface area contributed by atoms with Gasteiger partial charge in [-0.2, -0.15) is 11.3 Å². The number of rotatable bonds is 4. The van der Waals surface area contributed by atoms with Crippen LogP contribution in [-0.2, 0) is 16.0 Å². The molecule has 0 aliphatic carbocycles. The average molecular weight is 277 g/mol. The van der Waals surface area contributed by atoms with Crippen molar-refractivity contribution in [2.75, 3.05) is 26.3 Å². The summed E-state index contributed by atoms with van der Waals surface area (Å²) >= 11 is 1.68. The van der Waals surface area contributed by atoms with E-state index < -0.39 is 0 Å². The molecule has 0 radical (unpaired) electrons. The minimum atomic E-state index is -0.184. The molecule has 17 heavy (non-hydrogen) atoms. The summed E-state index contributed by atoms with van der Waals surface area (Å²) in [6.45, 7) is 2.61. The van der Waals surface area contributed by atoms with Crippen molar-refractivity contribution in [3.63, 3.8) is 0 Å². The fraction of sp³-hybridized carbons (Fsp3) is 0.545. The number of morpholine rings is 1. The summed E-state index contributed by atoms with van der Waals surface area (Å²) in [7, 11) is 0. The first-order valence-corrected chi connectivity index (χ1v) is 6.40. The van der Waals surface area contributed by atoms with Gasteiger partial charge in [-0.05, 0) is 28.8 Å². The van der Waals surface area contributed by atoms with E-state index >= 15 is 0 Å². The molecular formula is C11H17ClN2O2S. The second-order valence-corrected chi connectivity index (χ2v) is 4.53. The Labute approximate surface area is 111 Å². The molecule has 1 aromatic heterocycles. The number of halogens is 1. The molecule has 1 amide bonds. The summed E-state index contributed by atoms with van der Waals surface area (Å²) in [4.78, 5) is 11.7. The standard InChI is InChI=1S/C11H16N2O2S.ClH/c14-11(10-7-15-5-4-12-10)13-3-1-9-2-6-16-8-9;/h2,6,8,10,12H,1,3-5,7H2,(H,13,14);1H. The molecule has 1 atom stereocenters. The van der Waals surface area contributed by atoms with Crippen molar-refractivity contribution in [3.05, 3.63) is 22.4 Å². The SMILES string of the molecule is Cl.O=C(NCCc1ccsc1)C1COCCN1. The molecular weight excluding hydrogens is 260 g/mol. The van der Waals surface area contributed by atoms with Gasteiger partial charge in [0.05, 0.1) is 13.2 Å².